The molecule has 1 heterocycles. The van der Waals surface area contributed by atoms with Gasteiger partial charge >= 0.3 is 0 Å². The number of rotatable bonds is 6. The van der Waals surface area contributed by atoms with Gasteiger partial charge in [0, 0.05) is 6.07 Å². The summed E-state index contributed by atoms with van der Waals surface area (Å²) in [5, 5.41) is 15.9. The standard InChI is InChI=1S/C14H20ClN5O/c1-9(2)8-16-10(3)14-17-18-19-20(14)11-5-6-12(15)13(7-11)21-4/h5-7,9-10,16H,8H2,1-4H3. The van der Waals surface area contributed by atoms with Crippen LogP contribution in [0.2, 0.25) is 5.02 Å². The summed E-state index contributed by atoms with van der Waals surface area (Å²) in [5.41, 5.74) is 0.814. The third-order valence-electron chi connectivity index (χ3n) is 3.09. The predicted octanol–water partition coefficient (Wildman–Crippen LogP) is 2.63. The monoisotopic (exact) mass is 309 g/mol. The first-order valence-corrected chi connectivity index (χ1v) is 7.26. The molecule has 0 saturated heterocycles. The number of tetrazole rings is 1. The van der Waals surface area contributed by atoms with Gasteiger partial charge in [-0.1, -0.05) is 25.4 Å². The zero-order chi connectivity index (χ0) is 15.4. The van der Waals surface area contributed by atoms with Gasteiger partial charge in [-0.3, -0.25) is 0 Å². The molecule has 2 rings (SSSR count). The lowest BCUT2D eigenvalue weighted by Gasteiger charge is -2.15. The number of ether oxygens (including phenoxy) is 1. The van der Waals surface area contributed by atoms with Crippen molar-refractivity contribution >= 4 is 11.6 Å². The Morgan fingerprint density at radius 3 is 2.76 bits per heavy atom. The molecular weight excluding hydrogens is 290 g/mol. The maximum absolute atomic E-state index is 6.05. The zero-order valence-corrected chi connectivity index (χ0v) is 13.4. The van der Waals surface area contributed by atoms with E-state index in [4.69, 9.17) is 16.3 Å². The minimum Gasteiger partial charge on any atom is -0.495 e. The Balaban J connectivity index is 2.27. The first-order chi connectivity index (χ1) is 10.0. The van der Waals surface area contributed by atoms with Crippen LogP contribution in [0.4, 0.5) is 0 Å². The first kappa shape index (κ1) is 15.7. The number of hydrogen-bond acceptors (Lipinski definition) is 5. The van der Waals surface area contributed by atoms with Gasteiger partial charge in [0.1, 0.15) is 5.75 Å². The molecule has 21 heavy (non-hydrogen) atoms. The molecule has 7 heteroatoms. The Kier molecular flexibility index (Phi) is 5.14. The van der Waals surface area contributed by atoms with Gasteiger partial charge < -0.3 is 10.1 Å². The van der Waals surface area contributed by atoms with E-state index in [1.165, 1.54) is 0 Å². The quantitative estimate of drug-likeness (QED) is 0.888. The van der Waals surface area contributed by atoms with Crippen molar-refractivity contribution in [1.82, 2.24) is 25.5 Å². The van der Waals surface area contributed by atoms with Crippen molar-refractivity contribution in [3.05, 3.63) is 29.0 Å². The molecule has 0 spiro atoms. The van der Waals surface area contributed by atoms with Crippen LogP contribution in [0.1, 0.15) is 32.6 Å². The second-order valence-electron chi connectivity index (χ2n) is 5.29. The fraction of sp³-hybridized carbons (Fsp3) is 0.500. The minimum atomic E-state index is 0.0454. The van der Waals surface area contributed by atoms with E-state index in [1.54, 1.807) is 17.9 Å². The highest BCUT2D eigenvalue weighted by atomic mass is 35.5. The van der Waals surface area contributed by atoms with E-state index in [9.17, 15) is 0 Å². The number of nitrogens with zero attached hydrogens (tertiary/aromatic N) is 4. The summed E-state index contributed by atoms with van der Waals surface area (Å²) in [6.45, 7) is 7.26. The topological polar surface area (TPSA) is 64.9 Å². The summed E-state index contributed by atoms with van der Waals surface area (Å²) >= 11 is 6.05. The predicted molar refractivity (Wildman–Crippen MR) is 82.0 cm³/mol. The Bertz CT molecular complexity index is 599. The van der Waals surface area contributed by atoms with Crippen LogP contribution in [0.25, 0.3) is 5.69 Å². The Labute approximate surface area is 129 Å². The van der Waals surface area contributed by atoms with Crippen LogP contribution in [-0.4, -0.2) is 33.9 Å². The fourth-order valence-electron chi connectivity index (χ4n) is 1.93. The van der Waals surface area contributed by atoms with E-state index < -0.39 is 0 Å². The third kappa shape index (κ3) is 3.71. The van der Waals surface area contributed by atoms with Gasteiger partial charge in [-0.05, 0) is 41.9 Å². The summed E-state index contributed by atoms with van der Waals surface area (Å²) in [7, 11) is 1.58. The molecule has 0 aliphatic carbocycles. The number of hydrogen-bond donors (Lipinski definition) is 1. The molecular formula is C14H20ClN5O. The Morgan fingerprint density at radius 2 is 2.10 bits per heavy atom. The summed E-state index contributed by atoms with van der Waals surface area (Å²) in [6.07, 6.45) is 0. The highest BCUT2D eigenvalue weighted by Crippen LogP contribution is 2.27. The van der Waals surface area contributed by atoms with Gasteiger partial charge in [-0.25, -0.2) is 0 Å². The highest BCUT2D eigenvalue weighted by molar-refractivity contribution is 6.32. The lowest BCUT2D eigenvalue weighted by Crippen LogP contribution is -2.25. The lowest BCUT2D eigenvalue weighted by molar-refractivity contribution is 0.414. The maximum atomic E-state index is 6.05. The minimum absolute atomic E-state index is 0.0454. The maximum Gasteiger partial charge on any atom is 0.173 e. The molecule has 0 aliphatic rings. The van der Waals surface area contributed by atoms with Crippen molar-refractivity contribution in [2.75, 3.05) is 13.7 Å². The zero-order valence-electron chi connectivity index (χ0n) is 12.7. The number of aromatic nitrogens is 4. The second-order valence-corrected chi connectivity index (χ2v) is 5.70. The highest BCUT2D eigenvalue weighted by Gasteiger charge is 2.16. The lowest BCUT2D eigenvalue weighted by atomic mass is 10.2. The van der Waals surface area contributed by atoms with E-state index in [1.807, 2.05) is 19.1 Å². The summed E-state index contributed by atoms with van der Waals surface area (Å²) in [4.78, 5) is 0. The number of methoxy groups -OCH3 is 1. The van der Waals surface area contributed by atoms with Crippen molar-refractivity contribution in [2.45, 2.75) is 26.8 Å². The smallest absolute Gasteiger partial charge is 0.173 e. The molecule has 1 atom stereocenters. The molecule has 114 valence electrons. The molecule has 0 bridgehead atoms. The molecule has 1 unspecified atom stereocenters. The van der Waals surface area contributed by atoms with Gasteiger partial charge in [0.15, 0.2) is 5.82 Å². The molecule has 0 fully saturated rings. The van der Waals surface area contributed by atoms with E-state index in [0.717, 1.165) is 18.1 Å². The van der Waals surface area contributed by atoms with Crippen LogP contribution < -0.4 is 10.1 Å². The van der Waals surface area contributed by atoms with Crippen LogP contribution in [-0.2, 0) is 0 Å². The Morgan fingerprint density at radius 1 is 1.33 bits per heavy atom. The van der Waals surface area contributed by atoms with Crippen molar-refractivity contribution in [1.29, 1.82) is 0 Å². The molecule has 1 aromatic carbocycles. The van der Waals surface area contributed by atoms with Gasteiger partial charge in [0.2, 0.25) is 0 Å². The van der Waals surface area contributed by atoms with Crippen molar-refractivity contribution in [2.24, 2.45) is 5.92 Å². The van der Waals surface area contributed by atoms with E-state index in [2.05, 4.69) is 34.7 Å². The molecule has 0 aliphatic heterocycles. The van der Waals surface area contributed by atoms with Gasteiger partial charge in [-0.15, -0.1) is 5.10 Å². The molecule has 6 nitrogen and oxygen atoms in total. The average molecular weight is 310 g/mol. The largest absolute Gasteiger partial charge is 0.495 e. The van der Waals surface area contributed by atoms with Gasteiger partial charge in [-0.2, -0.15) is 4.68 Å². The molecule has 0 radical (unpaired) electrons. The summed E-state index contributed by atoms with van der Waals surface area (Å²) < 4.78 is 6.92. The molecule has 1 N–H and O–H groups in total. The van der Waals surface area contributed by atoms with Crippen LogP contribution in [0.15, 0.2) is 18.2 Å². The number of benzene rings is 1. The molecule has 0 amide bonds. The molecule has 0 saturated carbocycles. The molecule has 1 aromatic heterocycles. The van der Waals surface area contributed by atoms with E-state index in [-0.39, 0.29) is 6.04 Å². The third-order valence-corrected chi connectivity index (χ3v) is 3.40. The fourth-order valence-corrected chi connectivity index (χ4v) is 2.13. The molecule has 2 aromatic rings. The summed E-state index contributed by atoms with van der Waals surface area (Å²) in [5.74, 6) is 1.91. The van der Waals surface area contributed by atoms with Crippen LogP contribution in [0.3, 0.4) is 0 Å². The first-order valence-electron chi connectivity index (χ1n) is 6.88. The van der Waals surface area contributed by atoms with Crippen molar-refractivity contribution in [3.63, 3.8) is 0 Å². The van der Waals surface area contributed by atoms with Crippen molar-refractivity contribution in [3.8, 4) is 11.4 Å². The van der Waals surface area contributed by atoms with Gasteiger partial charge in [0.25, 0.3) is 0 Å². The second kappa shape index (κ2) is 6.87. The van der Waals surface area contributed by atoms with Crippen molar-refractivity contribution < 1.29 is 4.74 Å². The Hall–Kier alpha value is -1.66. The normalized spacial score (nSPS) is 12.7. The number of nitrogens with one attached hydrogen (secondary N) is 1. The van der Waals surface area contributed by atoms with Crippen LogP contribution in [0.5, 0.6) is 5.75 Å². The summed E-state index contributed by atoms with van der Waals surface area (Å²) in [6, 6.07) is 5.49. The van der Waals surface area contributed by atoms with E-state index >= 15 is 0 Å². The van der Waals surface area contributed by atoms with Crippen LogP contribution in [0, 0.1) is 5.92 Å². The van der Waals surface area contributed by atoms with Crippen LogP contribution >= 0.6 is 11.6 Å². The average Bonchev–Trinajstić information content (AvgIpc) is 2.94. The number of halogens is 1. The van der Waals surface area contributed by atoms with Gasteiger partial charge in [0.05, 0.1) is 23.9 Å². The SMILES string of the molecule is COc1cc(-n2nnnc2C(C)NCC(C)C)ccc1Cl. The van der Waals surface area contributed by atoms with E-state index in [0.29, 0.717) is 16.7 Å².